The smallest absolute Gasteiger partial charge is 0.254 e. The Morgan fingerprint density at radius 1 is 1.37 bits per heavy atom. The van der Waals surface area contributed by atoms with Crippen molar-refractivity contribution in [3.8, 4) is 0 Å². The second-order valence-electron chi connectivity index (χ2n) is 5.47. The predicted molar refractivity (Wildman–Crippen MR) is 77.6 cm³/mol. The molecule has 1 saturated heterocycles. The van der Waals surface area contributed by atoms with E-state index in [1.54, 1.807) is 19.2 Å². The van der Waals surface area contributed by atoms with E-state index in [1.807, 2.05) is 4.90 Å². The summed E-state index contributed by atoms with van der Waals surface area (Å²) < 4.78 is 0. The topological polar surface area (TPSA) is 45.2 Å². The largest absolute Gasteiger partial charge is 0.373 e. The van der Waals surface area contributed by atoms with Crippen LogP contribution >= 0.6 is 11.6 Å². The first-order chi connectivity index (χ1) is 8.99. The molecule has 2 atom stereocenters. The van der Waals surface area contributed by atoms with Crippen molar-refractivity contribution in [1.82, 2.24) is 9.88 Å². The van der Waals surface area contributed by atoms with Gasteiger partial charge in [-0.3, -0.25) is 4.79 Å². The zero-order chi connectivity index (χ0) is 14.0. The quantitative estimate of drug-likeness (QED) is 0.848. The Bertz CT molecular complexity index is 468. The number of carbonyl (C=O) groups excluding carboxylic acids is 1. The number of nitrogens with one attached hydrogen (secondary N) is 1. The molecule has 4 nitrogen and oxygen atoms in total. The van der Waals surface area contributed by atoms with Crippen LogP contribution in [0.1, 0.15) is 30.6 Å². The van der Waals surface area contributed by atoms with Gasteiger partial charge in [0.25, 0.3) is 5.91 Å². The van der Waals surface area contributed by atoms with Gasteiger partial charge < -0.3 is 10.2 Å². The summed E-state index contributed by atoms with van der Waals surface area (Å²) in [6.45, 7) is 6.01. The van der Waals surface area contributed by atoms with Crippen LogP contribution in [0, 0.1) is 11.8 Å². The van der Waals surface area contributed by atoms with E-state index in [1.165, 1.54) is 6.42 Å². The van der Waals surface area contributed by atoms with Crippen LogP contribution in [0.5, 0.6) is 0 Å². The average molecular weight is 282 g/mol. The van der Waals surface area contributed by atoms with Gasteiger partial charge in [0, 0.05) is 25.7 Å². The minimum atomic E-state index is 0.0409. The third-order valence-electron chi connectivity index (χ3n) is 3.45. The number of carbonyl (C=O) groups is 1. The Labute approximate surface area is 119 Å². The molecule has 0 aliphatic carbocycles. The van der Waals surface area contributed by atoms with Gasteiger partial charge in [-0.05, 0) is 30.4 Å². The molecule has 1 aliphatic rings. The lowest BCUT2D eigenvalue weighted by molar-refractivity contribution is 0.0623. The maximum Gasteiger partial charge on any atom is 0.254 e. The molecule has 1 aliphatic heterocycles. The summed E-state index contributed by atoms with van der Waals surface area (Å²) >= 11 is 5.95. The molecule has 5 heteroatoms. The van der Waals surface area contributed by atoms with Crippen molar-refractivity contribution in [1.29, 1.82) is 0 Å². The number of pyridine rings is 1. The Hall–Kier alpha value is -1.29. The Kier molecular flexibility index (Phi) is 4.30. The fourth-order valence-corrected chi connectivity index (χ4v) is 2.97. The van der Waals surface area contributed by atoms with Gasteiger partial charge in [-0.15, -0.1) is 0 Å². The van der Waals surface area contributed by atoms with Gasteiger partial charge in [-0.2, -0.15) is 0 Å². The molecule has 2 rings (SSSR count). The molecule has 0 radical (unpaired) electrons. The lowest BCUT2D eigenvalue weighted by Gasteiger charge is -2.35. The number of anilines is 1. The van der Waals surface area contributed by atoms with Crippen molar-refractivity contribution in [2.24, 2.45) is 11.8 Å². The maximum atomic E-state index is 12.5. The molecule has 0 bridgehead atoms. The fraction of sp³-hybridized carbons (Fsp3) is 0.571. The van der Waals surface area contributed by atoms with Gasteiger partial charge in [-0.1, -0.05) is 25.4 Å². The van der Waals surface area contributed by atoms with E-state index < -0.39 is 0 Å². The predicted octanol–water partition coefficient (Wildman–Crippen LogP) is 2.89. The Morgan fingerprint density at radius 3 is 2.58 bits per heavy atom. The summed E-state index contributed by atoms with van der Waals surface area (Å²) in [7, 11) is 1.76. The molecule has 1 aromatic rings. The summed E-state index contributed by atoms with van der Waals surface area (Å²) in [6.07, 6.45) is 1.18. The van der Waals surface area contributed by atoms with Gasteiger partial charge in [0.15, 0.2) is 0 Å². The van der Waals surface area contributed by atoms with Crippen LogP contribution in [-0.2, 0) is 0 Å². The molecule has 0 aromatic carbocycles. The average Bonchev–Trinajstić information content (AvgIpc) is 2.35. The first-order valence-corrected chi connectivity index (χ1v) is 7.02. The number of halogens is 1. The number of rotatable bonds is 2. The van der Waals surface area contributed by atoms with Crippen molar-refractivity contribution in [2.45, 2.75) is 20.3 Å². The number of hydrogen-bond acceptors (Lipinski definition) is 3. The van der Waals surface area contributed by atoms with Crippen molar-refractivity contribution in [2.75, 3.05) is 25.5 Å². The molecule has 104 valence electrons. The third-order valence-corrected chi connectivity index (χ3v) is 3.65. The molecule has 2 heterocycles. The highest BCUT2D eigenvalue weighted by Gasteiger charge is 2.26. The van der Waals surface area contributed by atoms with Crippen molar-refractivity contribution < 1.29 is 4.79 Å². The van der Waals surface area contributed by atoms with Crippen LogP contribution in [0.4, 0.5) is 5.82 Å². The summed E-state index contributed by atoms with van der Waals surface area (Å²) in [5.74, 6) is 1.76. The second kappa shape index (κ2) is 5.78. The van der Waals surface area contributed by atoms with Crippen molar-refractivity contribution in [3.63, 3.8) is 0 Å². The maximum absolute atomic E-state index is 12.5. The monoisotopic (exact) mass is 281 g/mol. The lowest BCUT2D eigenvalue weighted by atomic mass is 9.91. The molecule has 1 aromatic heterocycles. The van der Waals surface area contributed by atoms with Gasteiger partial charge >= 0.3 is 0 Å². The number of aromatic nitrogens is 1. The van der Waals surface area contributed by atoms with E-state index in [4.69, 9.17) is 11.6 Å². The number of nitrogens with zero attached hydrogens (tertiary/aromatic N) is 2. The molecule has 1 amide bonds. The number of hydrogen-bond donors (Lipinski definition) is 1. The van der Waals surface area contributed by atoms with Crippen molar-refractivity contribution in [3.05, 3.63) is 22.8 Å². The highest BCUT2D eigenvalue weighted by Crippen LogP contribution is 2.23. The molecular formula is C14H20ClN3O. The summed E-state index contributed by atoms with van der Waals surface area (Å²) in [5.41, 5.74) is 0.602. The summed E-state index contributed by atoms with van der Waals surface area (Å²) in [6, 6.07) is 3.38. The number of piperidine rings is 1. The normalized spacial score (nSPS) is 23.3. The van der Waals surface area contributed by atoms with Crippen LogP contribution in [0.25, 0.3) is 0 Å². The van der Waals surface area contributed by atoms with E-state index in [-0.39, 0.29) is 5.91 Å². The van der Waals surface area contributed by atoms with Gasteiger partial charge in [-0.25, -0.2) is 4.98 Å². The Balaban J connectivity index is 2.21. The van der Waals surface area contributed by atoms with Crippen LogP contribution in [0.2, 0.25) is 5.15 Å². The SMILES string of the molecule is CNc1cc(C(=O)N2C[C@H](C)C[C@H](C)C2)cc(Cl)n1. The highest BCUT2D eigenvalue weighted by molar-refractivity contribution is 6.29. The first kappa shape index (κ1) is 14.1. The zero-order valence-corrected chi connectivity index (χ0v) is 12.4. The first-order valence-electron chi connectivity index (χ1n) is 6.64. The molecule has 1 fully saturated rings. The van der Waals surface area contributed by atoms with E-state index in [9.17, 15) is 4.79 Å². The second-order valence-corrected chi connectivity index (χ2v) is 5.86. The van der Waals surface area contributed by atoms with E-state index >= 15 is 0 Å². The zero-order valence-electron chi connectivity index (χ0n) is 11.6. The van der Waals surface area contributed by atoms with Crippen LogP contribution in [-0.4, -0.2) is 35.9 Å². The fourth-order valence-electron chi connectivity index (χ4n) is 2.76. The number of likely N-dealkylation sites (tertiary alicyclic amines) is 1. The van der Waals surface area contributed by atoms with Crippen LogP contribution in [0.15, 0.2) is 12.1 Å². The molecule has 0 saturated carbocycles. The van der Waals surface area contributed by atoms with E-state index in [2.05, 4.69) is 24.1 Å². The van der Waals surface area contributed by atoms with Crippen LogP contribution in [0.3, 0.4) is 0 Å². The van der Waals surface area contributed by atoms with Gasteiger partial charge in [0.05, 0.1) is 0 Å². The third kappa shape index (κ3) is 3.38. The van der Waals surface area contributed by atoms with E-state index in [0.717, 1.165) is 13.1 Å². The van der Waals surface area contributed by atoms with E-state index in [0.29, 0.717) is 28.4 Å². The molecule has 19 heavy (non-hydrogen) atoms. The van der Waals surface area contributed by atoms with Crippen molar-refractivity contribution >= 4 is 23.3 Å². The van der Waals surface area contributed by atoms with Gasteiger partial charge in [0.1, 0.15) is 11.0 Å². The summed E-state index contributed by atoms with van der Waals surface area (Å²) in [5, 5.41) is 3.26. The standard InChI is InChI=1S/C14H20ClN3O/c1-9-4-10(2)8-18(7-9)14(19)11-5-12(15)17-13(6-11)16-3/h5-6,9-10H,4,7-8H2,1-3H3,(H,16,17)/t9-,10+. The summed E-state index contributed by atoms with van der Waals surface area (Å²) in [4.78, 5) is 18.5. The number of amides is 1. The van der Waals surface area contributed by atoms with Crippen LogP contribution < -0.4 is 5.32 Å². The molecule has 0 unspecified atom stereocenters. The highest BCUT2D eigenvalue weighted by atomic mass is 35.5. The lowest BCUT2D eigenvalue weighted by Crippen LogP contribution is -2.42. The molecule has 0 spiro atoms. The minimum Gasteiger partial charge on any atom is -0.373 e. The molecule has 1 N–H and O–H groups in total. The minimum absolute atomic E-state index is 0.0409. The molecular weight excluding hydrogens is 262 g/mol. The van der Waals surface area contributed by atoms with Gasteiger partial charge in [0.2, 0.25) is 0 Å². The Morgan fingerprint density at radius 2 is 2.00 bits per heavy atom.